The molecule has 0 spiro atoms. The molecule has 3 heteroatoms. The number of rotatable bonds is 2. The van der Waals surface area contributed by atoms with Crippen LogP contribution in [0, 0.1) is 0 Å². The summed E-state index contributed by atoms with van der Waals surface area (Å²) < 4.78 is 0. The molecule has 13 heavy (non-hydrogen) atoms. The molecule has 0 aliphatic heterocycles. The molecule has 0 radical (unpaired) electrons. The topological polar surface area (TPSA) is 36.8 Å². The van der Waals surface area contributed by atoms with Gasteiger partial charge in [0.1, 0.15) is 0 Å². The van der Waals surface area contributed by atoms with E-state index in [2.05, 4.69) is 21.9 Å². The van der Waals surface area contributed by atoms with Gasteiger partial charge in [0.25, 0.3) is 0 Å². The van der Waals surface area contributed by atoms with Crippen molar-refractivity contribution in [2.75, 3.05) is 14.1 Å². The average molecular weight is 179 g/mol. The van der Waals surface area contributed by atoms with Crippen LogP contribution in [-0.2, 0) is 0 Å². The van der Waals surface area contributed by atoms with Gasteiger partial charge in [-0.15, -0.1) is 0 Å². The lowest BCUT2D eigenvalue weighted by Gasteiger charge is -1.99. The van der Waals surface area contributed by atoms with E-state index in [1.54, 1.807) is 20.3 Å². The highest BCUT2D eigenvalue weighted by Gasteiger charge is 1.92. The number of aliphatic imine (C=N–C) groups is 2. The first-order valence-corrected chi connectivity index (χ1v) is 4.16. The normalized spacial score (nSPS) is 13.5. The molecule has 3 nitrogen and oxygen atoms in total. The van der Waals surface area contributed by atoms with E-state index in [9.17, 15) is 0 Å². The summed E-state index contributed by atoms with van der Waals surface area (Å²) >= 11 is 0. The molecule has 0 heterocycles. The third-order valence-electron chi connectivity index (χ3n) is 1.72. The van der Waals surface area contributed by atoms with Crippen LogP contribution in [0.25, 0.3) is 0 Å². The molecule has 0 aromatic carbocycles. The van der Waals surface area contributed by atoms with Crippen LogP contribution in [-0.4, -0.2) is 26.3 Å². The Morgan fingerprint density at radius 3 is 2.46 bits per heavy atom. The van der Waals surface area contributed by atoms with Crippen molar-refractivity contribution in [1.82, 2.24) is 5.32 Å². The number of allylic oxidation sites excluding steroid dienone is 3. The van der Waals surface area contributed by atoms with Crippen molar-refractivity contribution >= 4 is 12.2 Å². The van der Waals surface area contributed by atoms with Crippen LogP contribution in [0.3, 0.4) is 0 Å². The fraction of sp³-hybridized carbons (Fsp3) is 0.400. The second-order valence-electron chi connectivity index (χ2n) is 2.55. The second-order valence-corrected chi connectivity index (χ2v) is 2.55. The molecular weight excluding hydrogens is 162 g/mol. The van der Waals surface area contributed by atoms with Gasteiger partial charge in [0.15, 0.2) is 0 Å². The lowest BCUT2D eigenvalue weighted by molar-refractivity contribution is 1.12. The van der Waals surface area contributed by atoms with E-state index in [1.807, 2.05) is 19.9 Å². The van der Waals surface area contributed by atoms with E-state index in [-0.39, 0.29) is 0 Å². The first-order valence-electron chi connectivity index (χ1n) is 4.16. The molecule has 0 rings (SSSR count). The van der Waals surface area contributed by atoms with Crippen molar-refractivity contribution in [2.24, 2.45) is 9.98 Å². The van der Waals surface area contributed by atoms with Gasteiger partial charge in [-0.1, -0.05) is 12.7 Å². The largest absolute Gasteiger partial charge is 0.358 e. The zero-order valence-electron chi connectivity index (χ0n) is 8.76. The highest BCUT2D eigenvalue weighted by atomic mass is 15.1. The summed E-state index contributed by atoms with van der Waals surface area (Å²) in [6, 6.07) is 0. The third kappa shape index (κ3) is 4.25. The summed E-state index contributed by atoms with van der Waals surface area (Å²) in [4.78, 5) is 8.01. The van der Waals surface area contributed by atoms with Crippen molar-refractivity contribution in [2.45, 2.75) is 13.8 Å². The molecule has 0 aliphatic carbocycles. The first-order chi connectivity index (χ1) is 6.15. The van der Waals surface area contributed by atoms with Gasteiger partial charge in [0, 0.05) is 20.3 Å². The summed E-state index contributed by atoms with van der Waals surface area (Å²) in [5.41, 5.74) is 2.02. The van der Waals surface area contributed by atoms with Gasteiger partial charge in [-0.25, -0.2) is 4.99 Å². The van der Waals surface area contributed by atoms with Gasteiger partial charge in [-0.05, 0) is 25.0 Å². The van der Waals surface area contributed by atoms with Crippen LogP contribution in [0.2, 0.25) is 0 Å². The highest BCUT2D eigenvalue weighted by molar-refractivity contribution is 5.94. The number of hydrogen-bond acceptors (Lipinski definition) is 1. The SMILES string of the molecule is C=C(C=NC(=NC)NC)/C(C)=C/C. The van der Waals surface area contributed by atoms with E-state index in [0.29, 0.717) is 5.96 Å². The molecule has 0 fully saturated rings. The van der Waals surface area contributed by atoms with Gasteiger partial charge in [-0.2, -0.15) is 0 Å². The molecule has 0 saturated carbocycles. The zero-order chi connectivity index (χ0) is 10.3. The van der Waals surface area contributed by atoms with Gasteiger partial charge in [-0.3, -0.25) is 4.99 Å². The Bertz CT molecular complexity index is 259. The van der Waals surface area contributed by atoms with Gasteiger partial charge in [0.2, 0.25) is 5.96 Å². The molecule has 0 amide bonds. The number of nitrogens with zero attached hydrogens (tertiary/aromatic N) is 2. The molecule has 72 valence electrons. The predicted molar refractivity (Wildman–Crippen MR) is 59.5 cm³/mol. The molecule has 0 aromatic rings. The fourth-order valence-corrected chi connectivity index (χ4v) is 0.660. The first kappa shape index (κ1) is 11.6. The highest BCUT2D eigenvalue weighted by Crippen LogP contribution is 2.02. The number of hydrogen-bond donors (Lipinski definition) is 1. The Hall–Kier alpha value is -1.38. The number of nitrogens with one attached hydrogen (secondary N) is 1. The van der Waals surface area contributed by atoms with Crippen LogP contribution in [0.5, 0.6) is 0 Å². The van der Waals surface area contributed by atoms with Gasteiger partial charge in [0.05, 0.1) is 0 Å². The van der Waals surface area contributed by atoms with Crippen LogP contribution < -0.4 is 5.32 Å². The molecule has 0 atom stereocenters. The Morgan fingerprint density at radius 2 is 2.08 bits per heavy atom. The second kappa shape index (κ2) is 6.17. The molecule has 1 N–H and O–H groups in total. The van der Waals surface area contributed by atoms with E-state index < -0.39 is 0 Å². The molecule has 0 bridgehead atoms. The van der Waals surface area contributed by atoms with Gasteiger partial charge < -0.3 is 5.32 Å². The van der Waals surface area contributed by atoms with E-state index in [0.717, 1.165) is 11.1 Å². The Balaban J connectivity index is 4.36. The minimum Gasteiger partial charge on any atom is -0.358 e. The summed E-state index contributed by atoms with van der Waals surface area (Å²) in [7, 11) is 3.47. The quantitative estimate of drug-likeness (QED) is 0.391. The predicted octanol–water partition coefficient (Wildman–Crippen LogP) is 1.78. The van der Waals surface area contributed by atoms with Crippen molar-refractivity contribution < 1.29 is 0 Å². The van der Waals surface area contributed by atoms with E-state index >= 15 is 0 Å². The monoisotopic (exact) mass is 179 g/mol. The zero-order valence-corrected chi connectivity index (χ0v) is 8.76. The van der Waals surface area contributed by atoms with Crippen LogP contribution in [0.1, 0.15) is 13.8 Å². The Labute approximate surface area is 80.0 Å². The minimum absolute atomic E-state index is 0.602. The summed E-state index contributed by atoms with van der Waals surface area (Å²) in [5, 5.41) is 2.86. The standard InChI is InChI=1S/C10H17N3/c1-6-8(2)9(3)7-13-10(11-4)12-5/h6-7H,3H2,1-2,4-5H3,(H,11,12)/b8-6+,13-7?. The van der Waals surface area contributed by atoms with Crippen molar-refractivity contribution in [3.05, 3.63) is 23.8 Å². The molecule has 0 unspecified atom stereocenters. The molecular formula is C10H17N3. The van der Waals surface area contributed by atoms with E-state index in [4.69, 9.17) is 0 Å². The summed E-state index contributed by atoms with van der Waals surface area (Å²) in [5.74, 6) is 0.602. The Morgan fingerprint density at radius 1 is 1.46 bits per heavy atom. The van der Waals surface area contributed by atoms with Crippen LogP contribution in [0.15, 0.2) is 33.8 Å². The maximum Gasteiger partial charge on any atom is 0.217 e. The van der Waals surface area contributed by atoms with Crippen LogP contribution >= 0.6 is 0 Å². The van der Waals surface area contributed by atoms with Crippen molar-refractivity contribution in [3.8, 4) is 0 Å². The third-order valence-corrected chi connectivity index (χ3v) is 1.72. The van der Waals surface area contributed by atoms with Crippen molar-refractivity contribution in [3.63, 3.8) is 0 Å². The maximum absolute atomic E-state index is 4.10. The van der Waals surface area contributed by atoms with E-state index in [1.165, 1.54) is 0 Å². The summed E-state index contributed by atoms with van der Waals surface area (Å²) in [6.07, 6.45) is 3.70. The average Bonchev–Trinajstić information content (AvgIpc) is 2.17. The lowest BCUT2D eigenvalue weighted by atomic mass is 10.1. The number of guanidine groups is 1. The molecule has 0 aliphatic rings. The smallest absolute Gasteiger partial charge is 0.217 e. The molecule has 0 aromatic heterocycles. The van der Waals surface area contributed by atoms with Gasteiger partial charge >= 0.3 is 0 Å². The van der Waals surface area contributed by atoms with Crippen molar-refractivity contribution in [1.29, 1.82) is 0 Å². The Kier molecular flexibility index (Phi) is 5.52. The minimum atomic E-state index is 0.602. The lowest BCUT2D eigenvalue weighted by Crippen LogP contribution is -2.15. The fourth-order valence-electron chi connectivity index (χ4n) is 0.660. The maximum atomic E-state index is 4.10. The molecule has 0 saturated heterocycles. The van der Waals surface area contributed by atoms with Crippen LogP contribution in [0.4, 0.5) is 0 Å². The summed E-state index contributed by atoms with van der Waals surface area (Å²) in [6.45, 7) is 7.84.